The summed E-state index contributed by atoms with van der Waals surface area (Å²) in [6.45, 7) is 3.42. The summed E-state index contributed by atoms with van der Waals surface area (Å²) >= 11 is 0. The van der Waals surface area contributed by atoms with Crippen LogP contribution < -0.4 is 0 Å². The molecule has 12 nitrogen and oxygen atoms in total. The van der Waals surface area contributed by atoms with Crippen molar-refractivity contribution in [3.05, 3.63) is 97.2 Å². The molecule has 13 heteroatoms. The van der Waals surface area contributed by atoms with Crippen LogP contribution in [-0.4, -0.2) is 96.0 Å². The number of ether oxygens (including phenoxy) is 4. The lowest BCUT2D eigenvalue weighted by Gasteiger charge is -2.40. The third kappa shape index (κ3) is 28.9. The average molecular weight is 835 g/mol. The molecule has 0 radical (unpaired) electrons. The molecule has 58 heavy (non-hydrogen) atoms. The van der Waals surface area contributed by atoms with Gasteiger partial charge in [-0.1, -0.05) is 111 Å². The van der Waals surface area contributed by atoms with E-state index in [1.807, 2.05) is 0 Å². The predicted octanol–water partition coefficient (Wildman–Crippen LogP) is 7.88. The standard InChI is InChI=1S/C45H70O12S/c1-3-5-7-9-11-13-15-17-19-21-23-25-27-29-31-33-40(46)54-35-38(36-55-45-44(50)43(49)42(48)39(57-45)37-58(51,52)53)56-41(47)34-32-30-28-26-24-22-20-18-16-14-12-10-8-6-4-2/h5-8,11-14,17-20,23-26,38-39,42-45,48-50H,3-4,9-10,15-16,21-22,27-37H2,1-2H3,(H,51,52,53)/b7-5+,8-6+,13-11+,14-12+,19-17+,20-18+,25-23+,26-24+/t38-,39-,42-,43?,44?,45+/m1/s1. The van der Waals surface area contributed by atoms with Crippen molar-refractivity contribution in [3.63, 3.8) is 0 Å². The van der Waals surface area contributed by atoms with Crippen molar-refractivity contribution in [3.8, 4) is 0 Å². The maximum atomic E-state index is 12.8. The second-order valence-corrected chi connectivity index (χ2v) is 15.4. The summed E-state index contributed by atoms with van der Waals surface area (Å²) in [5.41, 5.74) is 0. The van der Waals surface area contributed by atoms with E-state index in [9.17, 15) is 37.9 Å². The molecular formula is C45H70O12S. The van der Waals surface area contributed by atoms with Gasteiger partial charge in [-0.05, 0) is 89.9 Å². The minimum atomic E-state index is -4.62. The Morgan fingerprint density at radius 2 is 1.02 bits per heavy atom. The largest absolute Gasteiger partial charge is 0.462 e. The Morgan fingerprint density at radius 1 is 0.586 bits per heavy atom. The monoisotopic (exact) mass is 834 g/mol. The lowest BCUT2D eigenvalue weighted by Crippen LogP contribution is -2.60. The summed E-state index contributed by atoms with van der Waals surface area (Å²) in [7, 11) is -4.62. The summed E-state index contributed by atoms with van der Waals surface area (Å²) in [6.07, 6.45) is 36.1. The van der Waals surface area contributed by atoms with Crippen molar-refractivity contribution < 1.29 is 56.8 Å². The Labute approximate surface area is 347 Å². The van der Waals surface area contributed by atoms with Crippen molar-refractivity contribution >= 4 is 22.1 Å². The first-order valence-electron chi connectivity index (χ1n) is 20.8. The van der Waals surface area contributed by atoms with Crippen LogP contribution in [0.4, 0.5) is 0 Å². The molecule has 0 aromatic rings. The molecule has 0 aromatic carbocycles. The summed E-state index contributed by atoms with van der Waals surface area (Å²) in [5, 5.41) is 30.8. The van der Waals surface area contributed by atoms with Crippen molar-refractivity contribution in [2.24, 2.45) is 0 Å². The third-order valence-electron chi connectivity index (χ3n) is 8.66. The van der Waals surface area contributed by atoms with Gasteiger partial charge in [-0.25, -0.2) is 0 Å². The fourth-order valence-corrected chi connectivity index (χ4v) is 6.17. The number of esters is 2. The van der Waals surface area contributed by atoms with Crippen molar-refractivity contribution in [2.75, 3.05) is 19.0 Å². The van der Waals surface area contributed by atoms with Crippen LogP contribution in [-0.2, 0) is 38.7 Å². The molecule has 1 aliphatic rings. The Kier molecular flexibility index (Phi) is 31.2. The molecule has 2 unspecified atom stereocenters. The van der Waals surface area contributed by atoms with Crippen molar-refractivity contribution in [1.29, 1.82) is 0 Å². The highest BCUT2D eigenvalue weighted by atomic mass is 32.2. The van der Waals surface area contributed by atoms with E-state index in [-0.39, 0.29) is 19.4 Å². The van der Waals surface area contributed by atoms with Gasteiger partial charge >= 0.3 is 11.9 Å². The second kappa shape index (κ2) is 34.4. The molecular weight excluding hydrogens is 765 g/mol. The van der Waals surface area contributed by atoms with Crippen molar-refractivity contribution in [1.82, 2.24) is 0 Å². The van der Waals surface area contributed by atoms with Crippen LogP contribution in [0.15, 0.2) is 97.2 Å². The molecule has 1 fully saturated rings. The minimum Gasteiger partial charge on any atom is -0.462 e. The third-order valence-corrected chi connectivity index (χ3v) is 9.41. The molecule has 0 bridgehead atoms. The number of aliphatic hydroxyl groups is 3. The molecule has 0 spiro atoms. The smallest absolute Gasteiger partial charge is 0.306 e. The predicted molar refractivity (Wildman–Crippen MR) is 228 cm³/mol. The Hall–Kier alpha value is -3.43. The molecule has 0 aromatic heterocycles. The Morgan fingerprint density at radius 3 is 1.47 bits per heavy atom. The van der Waals surface area contributed by atoms with E-state index in [2.05, 4.69) is 111 Å². The first kappa shape index (κ1) is 52.6. The topological polar surface area (TPSA) is 186 Å². The van der Waals surface area contributed by atoms with Gasteiger partial charge in [0.1, 0.15) is 36.8 Å². The van der Waals surface area contributed by atoms with Gasteiger partial charge in [-0.15, -0.1) is 0 Å². The molecule has 1 rings (SSSR count). The van der Waals surface area contributed by atoms with E-state index < -0.39 is 71.2 Å². The number of unbranched alkanes of at least 4 members (excludes halogenated alkanes) is 4. The van der Waals surface area contributed by atoms with E-state index in [1.54, 1.807) is 0 Å². The molecule has 0 amide bonds. The number of rotatable bonds is 32. The summed E-state index contributed by atoms with van der Waals surface area (Å²) in [6, 6.07) is 0. The summed E-state index contributed by atoms with van der Waals surface area (Å²) in [4.78, 5) is 25.3. The summed E-state index contributed by atoms with van der Waals surface area (Å²) in [5.74, 6) is -2.11. The van der Waals surface area contributed by atoms with Gasteiger partial charge in [0.05, 0.1) is 6.61 Å². The number of carbonyl (C=O) groups excluding carboxylic acids is 2. The van der Waals surface area contributed by atoms with Crippen LogP contribution in [0.3, 0.4) is 0 Å². The SMILES string of the molecule is CC/C=C/C/C=C/C/C=C/C/C=C/CCCCC(=O)OC[C@H](CO[C@H]1O[C@H](CS(=O)(=O)O)[C@@H](O)C(O)C1O)OC(=O)CCCC/C=C/C/C=C/C/C=C/C/C=C/CC. The highest BCUT2D eigenvalue weighted by Crippen LogP contribution is 2.23. The van der Waals surface area contributed by atoms with Crippen molar-refractivity contribution in [2.45, 2.75) is 153 Å². The van der Waals surface area contributed by atoms with Crippen LogP contribution in [0.2, 0.25) is 0 Å². The second-order valence-electron chi connectivity index (χ2n) is 13.9. The number of allylic oxidation sites excluding steroid dienone is 16. The summed E-state index contributed by atoms with van der Waals surface area (Å²) < 4.78 is 53.9. The van der Waals surface area contributed by atoms with E-state index in [0.717, 1.165) is 77.0 Å². The first-order valence-corrected chi connectivity index (χ1v) is 22.4. The number of hydrogen-bond donors (Lipinski definition) is 4. The van der Waals surface area contributed by atoms with Gasteiger partial charge in [-0.3, -0.25) is 14.1 Å². The van der Waals surface area contributed by atoms with E-state index in [1.165, 1.54) is 0 Å². The molecule has 0 aliphatic carbocycles. The molecule has 1 saturated heterocycles. The highest BCUT2D eigenvalue weighted by molar-refractivity contribution is 7.85. The fourth-order valence-electron chi connectivity index (χ4n) is 5.48. The van der Waals surface area contributed by atoms with Gasteiger partial charge in [0.15, 0.2) is 12.4 Å². The van der Waals surface area contributed by atoms with Crippen LogP contribution in [0.1, 0.15) is 117 Å². The van der Waals surface area contributed by atoms with Gasteiger partial charge in [0, 0.05) is 12.8 Å². The number of hydrogen-bond acceptors (Lipinski definition) is 11. The Bertz CT molecular complexity index is 1440. The molecule has 6 atom stereocenters. The van der Waals surface area contributed by atoms with Gasteiger partial charge in [-0.2, -0.15) is 8.42 Å². The van der Waals surface area contributed by atoms with E-state index >= 15 is 0 Å². The zero-order valence-corrected chi connectivity index (χ0v) is 35.4. The lowest BCUT2D eigenvalue weighted by atomic mass is 10.00. The van der Waals surface area contributed by atoms with Crippen LogP contribution >= 0.6 is 0 Å². The molecule has 1 heterocycles. The molecule has 4 N–H and O–H groups in total. The minimum absolute atomic E-state index is 0.0964. The highest BCUT2D eigenvalue weighted by Gasteiger charge is 2.46. The first-order chi connectivity index (χ1) is 28.0. The maximum absolute atomic E-state index is 12.8. The van der Waals surface area contributed by atoms with Crippen LogP contribution in [0.25, 0.3) is 0 Å². The quantitative estimate of drug-likeness (QED) is 0.0223. The van der Waals surface area contributed by atoms with E-state index in [4.69, 9.17) is 18.9 Å². The molecule has 328 valence electrons. The zero-order valence-electron chi connectivity index (χ0n) is 34.6. The van der Waals surface area contributed by atoms with Gasteiger partial charge in [0.25, 0.3) is 10.1 Å². The van der Waals surface area contributed by atoms with Crippen LogP contribution in [0, 0.1) is 0 Å². The van der Waals surface area contributed by atoms with E-state index in [0.29, 0.717) is 12.8 Å². The van der Waals surface area contributed by atoms with Crippen LogP contribution in [0.5, 0.6) is 0 Å². The average Bonchev–Trinajstić information content (AvgIpc) is 3.18. The van der Waals surface area contributed by atoms with Gasteiger partial charge < -0.3 is 34.3 Å². The number of carbonyl (C=O) groups is 2. The Balaban J connectivity index is 2.56. The van der Waals surface area contributed by atoms with Gasteiger partial charge in [0.2, 0.25) is 0 Å². The molecule has 1 aliphatic heterocycles. The number of aliphatic hydroxyl groups excluding tert-OH is 3. The fraction of sp³-hybridized carbons (Fsp3) is 0.600. The normalized spacial score (nSPS) is 21.4. The molecule has 0 saturated carbocycles. The zero-order chi connectivity index (χ0) is 42.7. The maximum Gasteiger partial charge on any atom is 0.306 e. The lowest BCUT2D eigenvalue weighted by molar-refractivity contribution is -0.297.